The molecule has 4 aromatic rings. The number of imidazole rings is 1. The number of nitrogens with zero attached hydrogens (tertiary/aromatic N) is 3. The molecular formula is C19H20N4O2. The number of benzene rings is 1. The standard InChI is InChI=1S/C19H20N4O2/c1-19(2,11-20)12-24-18-8-7-17-21-10-14(23(17)22-18)16-9-13-5-3-4-6-15(13)25-16/h3-10H,11-12,20H2,1-2H3. The summed E-state index contributed by atoms with van der Waals surface area (Å²) in [6.45, 7) is 5.16. The van der Waals surface area contributed by atoms with Gasteiger partial charge in [0.25, 0.3) is 0 Å². The van der Waals surface area contributed by atoms with E-state index >= 15 is 0 Å². The first-order chi connectivity index (χ1) is 12.1. The Morgan fingerprint density at radius 2 is 2.04 bits per heavy atom. The number of furan rings is 1. The number of fused-ring (bicyclic) bond motifs is 2. The molecule has 6 heteroatoms. The van der Waals surface area contributed by atoms with E-state index < -0.39 is 0 Å². The highest BCUT2D eigenvalue weighted by Gasteiger charge is 2.18. The van der Waals surface area contributed by atoms with E-state index in [9.17, 15) is 0 Å². The van der Waals surface area contributed by atoms with Gasteiger partial charge in [-0.1, -0.05) is 32.0 Å². The molecule has 6 nitrogen and oxygen atoms in total. The summed E-state index contributed by atoms with van der Waals surface area (Å²) >= 11 is 0. The van der Waals surface area contributed by atoms with Gasteiger partial charge in [-0.05, 0) is 18.2 Å². The number of para-hydroxylation sites is 1. The number of hydrogen-bond donors (Lipinski definition) is 1. The van der Waals surface area contributed by atoms with Gasteiger partial charge in [0.15, 0.2) is 11.4 Å². The van der Waals surface area contributed by atoms with Crippen molar-refractivity contribution in [2.75, 3.05) is 13.2 Å². The predicted octanol–water partition coefficient (Wildman–Crippen LogP) is 3.51. The molecule has 0 fully saturated rings. The van der Waals surface area contributed by atoms with Crippen LogP contribution in [0.3, 0.4) is 0 Å². The third kappa shape index (κ3) is 2.96. The van der Waals surface area contributed by atoms with Crippen LogP contribution in [0.15, 0.2) is 53.1 Å². The van der Waals surface area contributed by atoms with Gasteiger partial charge in [0.2, 0.25) is 5.88 Å². The second-order valence-electron chi connectivity index (χ2n) is 6.89. The Morgan fingerprint density at radius 1 is 1.20 bits per heavy atom. The van der Waals surface area contributed by atoms with E-state index in [1.807, 2.05) is 42.5 Å². The van der Waals surface area contributed by atoms with Crippen molar-refractivity contribution in [3.05, 3.63) is 48.7 Å². The molecule has 0 saturated carbocycles. The van der Waals surface area contributed by atoms with Crippen molar-refractivity contribution in [1.29, 1.82) is 0 Å². The Bertz CT molecular complexity index is 999. The lowest BCUT2D eigenvalue weighted by atomic mass is 9.95. The van der Waals surface area contributed by atoms with E-state index in [4.69, 9.17) is 14.9 Å². The predicted molar refractivity (Wildman–Crippen MR) is 96.5 cm³/mol. The van der Waals surface area contributed by atoms with Gasteiger partial charge in [-0.15, -0.1) is 5.10 Å². The van der Waals surface area contributed by atoms with Gasteiger partial charge in [-0.3, -0.25) is 0 Å². The number of nitrogens with two attached hydrogens (primary N) is 1. The minimum Gasteiger partial charge on any atom is -0.476 e. The summed E-state index contributed by atoms with van der Waals surface area (Å²) in [5, 5.41) is 5.60. The fourth-order valence-electron chi connectivity index (χ4n) is 2.54. The van der Waals surface area contributed by atoms with E-state index in [1.165, 1.54) is 0 Å². The lowest BCUT2D eigenvalue weighted by Gasteiger charge is -2.21. The van der Waals surface area contributed by atoms with E-state index in [-0.39, 0.29) is 5.41 Å². The zero-order valence-corrected chi connectivity index (χ0v) is 14.3. The first-order valence-corrected chi connectivity index (χ1v) is 8.22. The number of ether oxygens (including phenoxy) is 1. The van der Waals surface area contributed by atoms with E-state index in [0.29, 0.717) is 19.0 Å². The molecule has 0 bridgehead atoms. The normalized spacial score (nSPS) is 12.1. The lowest BCUT2D eigenvalue weighted by Crippen LogP contribution is -2.30. The molecule has 3 heterocycles. The summed E-state index contributed by atoms with van der Waals surface area (Å²) < 4.78 is 13.5. The maximum Gasteiger partial charge on any atom is 0.231 e. The van der Waals surface area contributed by atoms with Gasteiger partial charge < -0.3 is 14.9 Å². The van der Waals surface area contributed by atoms with E-state index in [2.05, 4.69) is 23.9 Å². The van der Waals surface area contributed by atoms with E-state index in [1.54, 1.807) is 10.7 Å². The third-order valence-electron chi connectivity index (χ3n) is 4.18. The SMILES string of the molecule is CC(C)(CN)COc1ccc2ncc(-c3cc4ccccc4o3)n2n1. The maximum absolute atomic E-state index is 5.93. The van der Waals surface area contributed by atoms with Crippen molar-refractivity contribution in [2.24, 2.45) is 11.1 Å². The highest BCUT2D eigenvalue weighted by Crippen LogP contribution is 2.28. The van der Waals surface area contributed by atoms with Crippen LogP contribution in [0.5, 0.6) is 5.88 Å². The van der Waals surface area contributed by atoms with Crippen molar-refractivity contribution in [3.63, 3.8) is 0 Å². The summed E-state index contributed by atoms with van der Waals surface area (Å²) in [5.41, 5.74) is 8.01. The minimum absolute atomic E-state index is 0.104. The average Bonchev–Trinajstić information content (AvgIpc) is 3.23. The van der Waals surface area contributed by atoms with Crippen LogP contribution in [-0.2, 0) is 0 Å². The number of aromatic nitrogens is 3. The Hall–Kier alpha value is -2.86. The molecule has 25 heavy (non-hydrogen) atoms. The number of hydrogen-bond acceptors (Lipinski definition) is 5. The molecule has 128 valence electrons. The molecular weight excluding hydrogens is 316 g/mol. The summed E-state index contributed by atoms with van der Waals surface area (Å²) in [7, 11) is 0. The molecule has 0 atom stereocenters. The Morgan fingerprint density at radius 3 is 2.84 bits per heavy atom. The summed E-state index contributed by atoms with van der Waals surface area (Å²) in [5.74, 6) is 1.25. The van der Waals surface area contributed by atoms with Crippen molar-refractivity contribution < 1.29 is 9.15 Å². The molecule has 0 spiro atoms. The van der Waals surface area contributed by atoms with Gasteiger partial charge in [-0.2, -0.15) is 0 Å². The molecule has 3 aromatic heterocycles. The van der Waals surface area contributed by atoms with Crippen molar-refractivity contribution in [3.8, 4) is 17.3 Å². The molecule has 0 amide bonds. The first kappa shape index (κ1) is 15.7. The Labute approximate surface area is 145 Å². The fraction of sp³-hybridized carbons (Fsp3) is 0.263. The van der Waals surface area contributed by atoms with Crippen molar-refractivity contribution in [1.82, 2.24) is 14.6 Å². The molecule has 1 aromatic carbocycles. The van der Waals surface area contributed by atoms with Gasteiger partial charge in [0.1, 0.15) is 11.3 Å². The van der Waals surface area contributed by atoms with Crippen LogP contribution in [0.2, 0.25) is 0 Å². The largest absolute Gasteiger partial charge is 0.476 e. The first-order valence-electron chi connectivity index (χ1n) is 8.22. The zero-order chi connectivity index (χ0) is 17.4. The lowest BCUT2D eigenvalue weighted by molar-refractivity contribution is 0.179. The molecule has 0 aliphatic rings. The molecule has 0 unspecified atom stereocenters. The molecule has 0 saturated heterocycles. The minimum atomic E-state index is -0.104. The second kappa shape index (κ2) is 5.89. The van der Waals surface area contributed by atoms with Gasteiger partial charge >= 0.3 is 0 Å². The molecule has 0 aliphatic heterocycles. The number of rotatable bonds is 5. The highest BCUT2D eigenvalue weighted by molar-refractivity contribution is 5.82. The smallest absolute Gasteiger partial charge is 0.231 e. The molecule has 4 rings (SSSR count). The van der Waals surface area contributed by atoms with E-state index in [0.717, 1.165) is 28.1 Å². The topological polar surface area (TPSA) is 78.6 Å². The average molecular weight is 336 g/mol. The Kier molecular flexibility index (Phi) is 3.69. The maximum atomic E-state index is 5.93. The van der Waals surface area contributed by atoms with Crippen LogP contribution in [0, 0.1) is 5.41 Å². The van der Waals surface area contributed by atoms with Crippen LogP contribution in [0.1, 0.15) is 13.8 Å². The molecule has 0 radical (unpaired) electrons. The second-order valence-corrected chi connectivity index (χ2v) is 6.89. The summed E-state index contributed by atoms with van der Waals surface area (Å²) in [6.07, 6.45) is 1.76. The van der Waals surface area contributed by atoms with Crippen LogP contribution in [0.4, 0.5) is 0 Å². The molecule has 0 aliphatic carbocycles. The quantitative estimate of drug-likeness (QED) is 0.603. The third-order valence-corrected chi connectivity index (χ3v) is 4.18. The van der Waals surface area contributed by atoms with Crippen LogP contribution in [0.25, 0.3) is 28.1 Å². The van der Waals surface area contributed by atoms with Gasteiger partial charge in [0, 0.05) is 23.4 Å². The van der Waals surface area contributed by atoms with Crippen LogP contribution < -0.4 is 10.5 Å². The van der Waals surface area contributed by atoms with Crippen LogP contribution >= 0.6 is 0 Å². The zero-order valence-electron chi connectivity index (χ0n) is 14.3. The van der Waals surface area contributed by atoms with Crippen molar-refractivity contribution in [2.45, 2.75) is 13.8 Å². The molecule has 2 N–H and O–H groups in total. The van der Waals surface area contributed by atoms with Crippen LogP contribution in [-0.4, -0.2) is 27.7 Å². The summed E-state index contributed by atoms with van der Waals surface area (Å²) in [6, 6.07) is 13.6. The highest BCUT2D eigenvalue weighted by atomic mass is 16.5. The monoisotopic (exact) mass is 336 g/mol. The fourth-order valence-corrected chi connectivity index (χ4v) is 2.54. The Balaban J connectivity index is 1.71. The van der Waals surface area contributed by atoms with Gasteiger partial charge in [0.05, 0.1) is 12.8 Å². The van der Waals surface area contributed by atoms with Gasteiger partial charge in [-0.25, -0.2) is 9.50 Å². The summed E-state index contributed by atoms with van der Waals surface area (Å²) in [4.78, 5) is 4.40. The van der Waals surface area contributed by atoms with Crippen molar-refractivity contribution >= 4 is 16.6 Å².